The van der Waals surface area contributed by atoms with Crippen molar-refractivity contribution < 1.29 is 13.9 Å². The van der Waals surface area contributed by atoms with Gasteiger partial charge in [-0.2, -0.15) is 5.10 Å². The van der Waals surface area contributed by atoms with Gasteiger partial charge < -0.3 is 10.5 Å². The summed E-state index contributed by atoms with van der Waals surface area (Å²) in [4.78, 5) is 15.7. The van der Waals surface area contributed by atoms with Gasteiger partial charge in [0.15, 0.2) is 12.4 Å². The molecule has 1 heterocycles. The molecule has 2 aromatic rings. The third-order valence-corrected chi connectivity index (χ3v) is 2.56. The lowest BCUT2D eigenvalue weighted by Crippen LogP contribution is -2.10. The Morgan fingerprint density at radius 3 is 3.00 bits per heavy atom. The molecule has 0 bridgehead atoms. The van der Waals surface area contributed by atoms with Crippen molar-refractivity contribution in [1.29, 1.82) is 0 Å². The topological polar surface area (TPSA) is 83.0 Å². The van der Waals surface area contributed by atoms with Gasteiger partial charge in [0.2, 0.25) is 0 Å². The minimum absolute atomic E-state index is 0.0118. The van der Waals surface area contributed by atoms with E-state index in [0.717, 1.165) is 6.07 Å². The molecule has 1 aromatic carbocycles. The zero-order valence-corrected chi connectivity index (χ0v) is 10.3. The van der Waals surface area contributed by atoms with E-state index >= 15 is 0 Å². The molecule has 0 fully saturated rings. The first-order chi connectivity index (χ1) is 9.11. The van der Waals surface area contributed by atoms with Crippen LogP contribution in [-0.4, -0.2) is 20.7 Å². The van der Waals surface area contributed by atoms with Crippen LogP contribution >= 0.6 is 0 Å². The van der Waals surface area contributed by atoms with Crippen molar-refractivity contribution in [3.8, 4) is 0 Å². The summed E-state index contributed by atoms with van der Waals surface area (Å²) in [5.41, 5.74) is 5.42. The van der Waals surface area contributed by atoms with Crippen molar-refractivity contribution in [3.63, 3.8) is 0 Å². The quantitative estimate of drug-likeness (QED) is 0.666. The van der Waals surface area contributed by atoms with Gasteiger partial charge in [0.1, 0.15) is 12.1 Å². The first-order valence-corrected chi connectivity index (χ1v) is 5.70. The summed E-state index contributed by atoms with van der Waals surface area (Å²) < 4.78 is 19.9. The molecular formula is C12H13FN4O2. The summed E-state index contributed by atoms with van der Waals surface area (Å²) in [6.07, 6.45) is 1.38. The average molecular weight is 264 g/mol. The van der Waals surface area contributed by atoms with Crippen molar-refractivity contribution in [1.82, 2.24) is 14.8 Å². The highest BCUT2D eigenvalue weighted by Crippen LogP contribution is 2.13. The lowest BCUT2D eigenvalue weighted by molar-refractivity contribution is 0.0456. The van der Waals surface area contributed by atoms with Crippen LogP contribution in [0.1, 0.15) is 23.1 Å². The van der Waals surface area contributed by atoms with Gasteiger partial charge in [-0.3, -0.25) is 0 Å². The highest BCUT2D eigenvalue weighted by molar-refractivity contribution is 5.89. The van der Waals surface area contributed by atoms with Crippen LogP contribution in [0.25, 0.3) is 0 Å². The van der Waals surface area contributed by atoms with Crippen LogP contribution in [-0.2, 0) is 17.9 Å². The van der Waals surface area contributed by atoms with Crippen molar-refractivity contribution in [2.45, 2.75) is 20.1 Å². The third-order valence-electron chi connectivity index (χ3n) is 2.56. The number of halogens is 1. The Bertz CT molecular complexity index is 597. The average Bonchev–Trinajstić information content (AvgIpc) is 2.86. The molecule has 0 spiro atoms. The number of aromatic nitrogens is 3. The van der Waals surface area contributed by atoms with Crippen LogP contribution in [0.5, 0.6) is 0 Å². The summed E-state index contributed by atoms with van der Waals surface area (Å²) in [7, 11) is 0. The molecule has 0 atom stereocenters. The van der Waals surface area contributed by atoms with Crippen molar-refractivity contribution in [2.75, 3.05) is 5.73 Å². The summed E-state index contributed by atoms with van der Waals surface area (Å²) >= 11 is 0. The number of aryl methyl sites for hydroxylation is 1. The van der Waals surface area contributed by atoms with Crippen LogP contribution < -0.4 is 5.73 Å². The highest BCUT2D eigenvalue weighted by atomic mass is 19.1. The number of nitrogens with two attached hydrogens (primary N) is 1. The Morgan fingerprint density at radius 2 is 2.32 bits per heavy atom. The largest absolute Gasteiger partial charge is 0.454 e. The Labute approximate surface area is 109 Å². The van der Waals surface area contributed by atoms with E-state index in [2.05, 4.69) is 10.1 Å². The first kappa shape index (κ1) is 13.0. The maximum Gasteiger partial charge on any atom is 0.338 e. The number of nitrogens with zero attached hydrogens (tertiary/aromatic N) is 3. The van der Waals surface area contributed by atoms with Crippen molar-refractivity contribution in [2.24, 2.45) is 0 Å². The summed E-state index contributed by atoms with van der Waals surface area (Å²) in [6.45, 7) is 2.51. The van der Waals surface area contributed by atoms with Crippen LogP contribution in [0.15, 0.2) is 24.5 Å². The molecule has 0 unspecified atom stereocenters. The van der Waals surface area contributed by atoms with Gasteiger partial charge >= 0.3 is 5.97 Å². The number of benzene rings is 1. The molecular weight excluding hydrogens is 251 g/mol. The molecule has 0 saturated carbocycles. The van der Waals surface area contributed by atoms with Crippen LogP contribution in [0.3, 0.4) is 0 Å². The number of rotatable bonds is 4. The lowest BCUT2D eigenvalue weighted by atomic mass is 10.2. The van der Waals surface area contributed by atoms with Crippen LogP contribution in [0.2, 0.25) is 0 Å². The third kappa shape index (κ3) is 2.87. The maximum atomic E-state index is 13.2. The van der Waals surface area contributed by atoms with Gasteiger partial charge in [0, 0.05) is 6.54 Å². The fourth-order valence-electron chi connectivity index (χ4n) is 1.53. The molecule has 7 heteroatoms. The molecule has 0 radical (unpaired) electrons. The molecule has 19 heavy (non-hydrogen) atoms. The number of ether oxygens (including phenoxy) is 1. The van der Waals surface area contributed by atoms with Crippen LogP contribution in [0.4, 0.5) is 10.1 Å². The molecule has 2 rings (SSSR count). The number of esters is 1. The monoisotopic (exact) mass is 264 g/mol. The standard InChI is InChI=1S/C12H13FN4O2/c1-2-17-11(15-7-16-17)6-19-12(18)8-3-4-10(14)9(13)5-8/h3-5,7H,2,6,14H2,1H3. The highest BCUT2D eigenvalue weighted by Gasteiger charge is 2.12. The van der Waals surface area contributed by atoms with Crippen LogP contribution in [0, 0.1) is 5.82 Å². The second kappa shape index (κ2) is 5.47. The number of nitrogen functional groups attached to an aromatic ring is 1. The fraction of sp³-hybridized carbons (Fsp3) is 0.250. The predicted molar refractivity (Wildman–Crippen MR) is 65.6 cm³/mol. The molecule has 100 valence electrons. The van der Waals surface area contributed by atoms with Crippen molar-refractivity contribution >= 4 is 11.7 Å². The maximum absolute atomic E-state index is 13.2. The normalized spacial score (nSPS) is 10.4. The van der Waals surface area contributed by atoms with Gasteiger partial charge in [-0.1, -0.05) is 0 Å². The number of hydrogen-bond donors (Lipinski definition) is 1. The summed E-state index contributed by atoms with van der Waals surface area (Å²) in [5, 5.41) is 3.95. The number of anilines is 1. The van der Waals surface area contributed by atoms with E-state index in [-0.39, 0.29) is 17.9 Å². The molecule has 2 N–H and O–H groups in total. The van der Waals surface area contributed by atoms with E-state index in [1.165, 1.54) is 18.5 Å². The number of carbonyl (C=O) groups is 1. The summed E-state index contributed by atoms with van der Waals surface area (Å²) in [6, 6.07) is 3.77. The van der Waals surface area contributed by atoms with E-state index in [1.807, 2.05) is 6.92 Å². The minimum Gasteiger partial charge on any atom is -0.454 e. The molecule has 1 aromatic heterocycles. The van der Waals surface area contributed by atoms with E-state index in [9.17, 15) is 9.18 Å². The van der Waals surface area contributed by atoms with E-state index in [0.29, 0.717) is 12.4 Å². The van der Waals surface area contributed by atoms with Crippen molar-refractivity contribution in [3.05, 3.63) is 41.7 Å². The Kier molecular flexibility index (Phi) is 3.74. The van der Waals surface area contributed by atoms with Gasteiger partial charge in [-0.25, -0.2) is 18.9 Å². The minimum atomic E-state index is -0.647. The van der Waals surface area contributed by atoms with Gasteiger partial charge in [-0.15, -0.1) is 0 Å². The van der Waals surface area contributed by atoms with Gasteiger partial charge in [0.25, 0.3) is 0 Å². The molecule has 0 aliphatic heterocycles. The van der Waals surface area contributed by atoms with Gasteiger partial charge in [-0.05, 0) is 25.1 Å². The van der Waals surface area contributed by atoms with Gasteiger partial charge in [0.05, 0.1) is 11.3 Å². The van der Waals surface area contributed by atoms with E-state index < -0.39 is 11.8 Å². The lowest BCUT2D eigenvalue weighted by Gasteiger charge is -2.06. The zero-order chi connectivity index (χ0) is 13.8. The Hall–Kier alpha value is -2.44. The molecule has 0 aliphatic carbocycles. The van der Waals surface area contributed by atoms with E-state index in [4.69, 9.17) is 10.5 Å². The number of carbonyl (C=O) groups excluding carboxylic acids is 1. The Morgan fingerprint density at radius 1 is 1.53 bits per heavy atom. The summed E-state index contributed by atoms with van der Waals surface area (Å²) in [5.74, 6) is -0.748. The Balaban J connectivity index is 2.03. The molecule has 0 aliphatic rings. The number of hydrogen-bond acceptors (Lipinski definition) is 5. The molecule has 0 amide bonds. The smallest absolute Gasteiger partial charge is 0.338 e. The second-order valence-electron chi connectivity index (χ2n) is 3.80. The molecule has 6 nitrogen and oxygen atoms in total. The second-order valence-corrected chi connectivity index (χ2v) is 3.80. The molecule has 0 saturated heterocycles. The SMILES string of the molecule is CCn1ncnc1COC(=O)c1ccc(N)c(F)c1. The van der Waals surface area contributed by atoms with E-state index in [1.54, 1.807) is 4.68 Å². The zero-order valence-electron chi connectivity index (χ0n) is 10.3. The first-order valence-electron chi connectivity index (χ1n) is 5.70. The fourth-order valence-corrected chi connectivity index (χ4v) is 1.53. The predicted octanol–water partition coefficient (Wildman–Crippen LogP) is 1.38.